The van der Waals surface area contributed by atoms with E-state index in [9.17, 15) is 9.59 Å². The van der Waals surface area contributed by atoms with Crippen LogP contribution in [0.25, 0.3) is 0 Å². The molecular weight excluding hydrogens is 296 g/mol. The van der Waals surface area contributed by atoms with Gasteiger partial charge < -0.3 is 10.2 Å². The molecule has 0 saturated carbocycles. The minimum atomic E-state index is -0.0988. The van der Waals surface area contributed by atoms with Crippen LogP contribution < -0.4 is 5.32 Å². The molecule has 1 unspecified atom stereocenters. The molecule has 0 aliphatic carbocycles. The summed E-state index contributed by atoms with van der Waals surface area (Å²) in [5, 5.41) is 2.87. The zero-order valence-corrected chi connectivity index (χ0v) is 11.7. The Kier molecular flexibility index (Phi) is 4.01. The van der Waals surface area contributed by atoms with Gasteiger partial charge >= 0.3 is 0 Å². The summed E-state index contributed by atoms with van der Waals surface area (Å²) < 4.78 is 0.880. The second kappa shape index (κ2) is 5.52. The average Bonchev–Trinajstić information content (AvgIpc) is 2.66. The second-order valence-electron chi connectivity index (χ2n) is 4.56. The first kappa shape index (κ1) is 13.1. The van der Waals surface area contributed by atoms with Gasteiger partial charge in [-0.1, -0.05) is 22.0 Å². The van der Waals surface area contributed by atoms with Crippen LogP contribution in [0.1, 0.15) is 16.8 Å². The summed E-state index contributed by atoms with van der Waals surface area (Å²) in [5.41, 5.74) is 0.627. The van der Waals surface area contributed by atoms with E-state index in [2.05, 4.69) is 21.2 Å². The maximum atomic E-state index is 11.9. The van der Waals surface area contributed by atoms with Crippen LogP contribution in [0, 0.1) is 5.92 Å². The molecule has 5 heteroatoms. The van der Waals surface area contributed by atoms with Gasteiger partial charge in [0.15, 0.2) is 0 Å². The third kappa shape index (κ3) is 3.10. The Bertz CT molecular complexity index is 476. The number of carbonyl (C=O) groups is 2. The molecule has 1 fully saturated rings. The quantitative estimate of drug-likeness (QED) is 0.923. The number of hydrogen-bond acceptors (Lipinski definition) is 2. The number of likely N-dealkylation sites (tertiary alicyclic amines) is 1. The fourth-order valence-corrected chi connectivity index (χ4v) is 2.46. The first-order chi connectivity index (χ1) is 8.56. The molecule has 1 saturated heterocycles. The van der Waals surface area contributed by atoms with Gasteiger partial charge in [-0.25, -0.2) is 0 Å². The number of carbonyl (C=O) groups excluding carboxylic acids is 2. The van der Waals surface area contributed by atoms with Crippen molar-refractivity contribution in [3.05, 3.63) is 34.3 Å². The predicted octanol–water partition coefficient (Wildman–Crippen LogP) is 1.66. The number of halogens is 1. The van der Waals surface area contributed by atoms with Crippen LogP contribution in [0.5, 0.6) is 0 Å². The topological polar surface area (TPSA) is 49.4 Å². The van der Waals surface area contributed by atoms with Gasteiger partial charge in [0.25, 0.3) is 5.91 Å². The first-order valence-corrected chi connectivity index (χ1v) is 6.63. The molecule has 1 heterocycles. The Balaban J connectivity index is 1.87. The summed E-state index contributed by atoms with van der Waals surface area (Å²) in [5.74, 6) is 0.272. The largest absolute Gasteiger partial charge is 0.352 e. The molecule has 18 heavy (non-hydrogen) atoms. The third-order valence-electron chi connectivity index (χ3n) is 3.06. The van der Waals surface area contributed by atoms with Crippen LogP contribution >= 0.6 is 15.9 Å². The molecule has 1 aromatic carbocycles. The molecule has 0 spiro atoms. The highest BCUT2D eigenvalue weighted by atomic mass is 79.9. The van der Waals surface area contributed by atoms with E-state index in [1.807, 2.05) is 12.1 Å². The molecule has 1 aliphatic rings. The third-order valence-corrected chi connectivity index (χ3v) is 3.55. The summed E-state index contributed by atoms with van der Waals surface area (Å²) in [6.45, 7) is 1.26. The Morgan fingerprint density at radius 3 is 2.94 bits per heavy atom. The van der Waals surface area contributed by atoms with E-state index in [4.69, 9.17) is 0 Å². The number of benzene rings is 1. The van der Waals surface area contributed by atoms with E-state index in [-0.39, 0.29) is 17.7 Å². The van der Waals surface area contributed by atoms with Gasteiger partial charge in [-0.2, -0.15) is 0 Å². The molecule has 96 valence electrons. The van der Waals surface area contributed by atoms with Crippen LogP contribution in [-0.2, 0) is 4.79 Å². The maximum Gasteiger partial charge on any atom is 0.251 e. The molecule has 0 aromatic heterocycles. The van der Waals surface area contributed by atoms with Crippen molar-refractivity contribution in [1.29, 1.82) is 0 Å². The van der Waals surface area contributed by atoms with Gasteiger partial charge in [-0.3, -0.25) is 9.59 Å². The number of rotatable bonds is 3. The van der Waals surface area contributed by atoms with Crippen molar-refractivity contribution in [2.24, 2.45) is 5.92 Å². The number of hydrogen-bond donors (Lipinski definition) is 1. The van der Waals surface area contributed by atoms with Crippen molar-refractivity contribution in [1.82, 2.24) is 10.2 Å². The fourth-order valence-electron chi connectivity index (χ4n) is 2.06. The summed E-state index contributed by atoms with van der Waals surface area (Å²) >= 11 is 3.33. The van der Waals surface area contributed by atoms with Gasteiger partial charge in [-0.05, 0) is 18.2 Å². The maximum absolute atomic E-state index is 11.9. The van der Waals surface area contributed by atoms with E-state index in [0.29, 0.717) is 18.5 Å². The summed E-state index contributed by atoms with van der Waals surface area (Å²) in [7, 11) is 1.79. The van der Waals surface area contributed by atoms with Crippen LogP contribution in [0.2, 0.25) is 0 Å². The van der Waals surface area contributed by atoms with Gasteiger partial charge in [0.1, 0.15) is 0 Å². The Hall–Kier alpha value is -1.36. The fraction of sp³-hybridized carbons (Fsp3) is 0.385. The lowest BCUT2D eigenvalue weighted by atomic mass is 10.1. The monoisotopic (exact) mass is 310 g/mol. The van der Waals surface area contributed by atoms with Crippen molar-refractivity contribution >= 4 is 27.7 Å². The van der Waals surface area contributed by atoms with Crippen molar-refractivity contribution in [3.8, 4) is 0 Å². The molecule has 1 N–H and O–H groups in total. The SMILES string of the molecule is CN1CC(CNC(=O)c2cccc(Br)c2)CC1=O. The Morgan fingerprint density at radius 2 is 2.33 bits per heavy atom. The van der Waals surface area contributed by atoms with E-state index in [1.54, 1.807) is 24.1 Å². The molecule has 4 nitrogen and oxygen atoms in total. The molecule has 1 atom stereocenters. The van der Waals surface area contributed by atoms with Gasteiger partial charge in [0.2, 0.25) is 5.91 Å². The lowest BCUT2D eigenvalue weighted by Crippen LogP contribution is -2.30. The molecule has 2 rings (SSSR count). The summed E-state index contributed by atoms with van der Waals surface area (Å²) in [6.07, 6.45) is 0.523. The minimum absolute atomic E-state index is 0.0988. The second-order valence-corrected chi connectivity index (χ2v) is 5.48. The number of amides is 2. The first-order valence-electron chi connectivity index (χ1n) is 5.84. The zero-order chi connectivity index (χ0) is 13.1. The lowest BCUT2D eigenvalue weighted by molar-refractivity contribution is -0.126. The van der Waals surface area contributed by atoms with E-state index >= 15 is 0 Å². The standard InChI is InChI=1S/C13H15BrN2O2/c1-16-8-9(5-12(16)17)7-15-13(18)10-3-2-4-11(14)6-10/h2-4,6,9H,5,7-8H2,1H3,(H,15,18). The molecule has 1 aliphatic heterocycles. The van der Waals surface area contributed by atoms with Crippen LogP contribution in [0.15, 0.2) is 28.7 Å². The van der Waals surface area contributed by atoms with E-state index < -0.39 is 0 Å². The van der Waals surface area contributed by atoms with Gasteiger partial charge in [0.05, 0.1) is 0 Å². The smallest absolute Gasteiger partial charge is 0.251 e. The number of nitrogens with zero attached hydrogens (tertiary/aromatic N) is 1. The predicted molar refractivity (Wildman–Crippen MR) is 72.2 cm³/mol. The van der Waals surface area contributed by atoms with Gasteiger partial charge in [0, 0.05) is 42.5 Å². The summed E-state index contributed by atoms with van der Waals surface area (Å²) in [4.78, 5) is 24.9. The normalized spacial score (nSPS) is 19.1. The highest BCUT2D eigenvalue weighted by Gasteiger charge is 2.26. The lowest BCUT2D eigenvalue weighted by Gasteiger charge is -2.11. The van der Waals surface area contributed by atoms with Crippen molar-refractivity contribution < 1.29 is 9.59 Å². The number of nitrogens with one attached hydrogen (secondary N) is 1. The van der Waals surface area contributed by atoms with E-state index in [1.165, 1.54) is 0 Å². The van der Waals surface area contributed by atoms with E-state index in [0.717, 1.165) is 11.0 Å². The zero-order valence-electron chi connectivity index (χ0n) is 10.1. The summed E-state index contributed by atoms with van der Waals surface area (Å²) in [6, 6.07) is 7.25. The van der Waals surface area contributed by atoms with Gasteiger partial charge in [-0.15, -0.1) is 0 Å². The highest BCUT2D eigenvalue weighted by Crippen LogP contribution is 2.15. The van der Waals surface area contributed by atoms with Crippen molar-refractivity contribution in [3.63, 3.8) is 0 Å². The van der Waals surface area contributed by atoms with Crippen molar-refractivity contribution in [2.45, 2.75) is 6.42 Å². The minimum Gasteiger partial charge on any atom is -0.352 e. The highest BCUT2D eigenvalue weighted by molar-refractivity contribution is 9.10. The average molecular weight is 311 g/mol. The van der Waals surface area contributed by atoms with Crippen LogP contribution in [-0.4, -0.2) is 36.9 Å². The molecule has 0 bridgehead atoms. The van der Waals surface area contributed by atoms with Crippen LogP contribution in [0.3, 0.4) is 0 Å². The Labute approximate surface area is 114 Å². The Morgan fingerprint density at radius 1 is 1.56 bits per heavy atom. The molecule has 0 radical (unpaired) electrons. The molecular formula is C13H15BrN2O2. The molecule has 1 aromatic rings. The van der Waals surface area contributed by atoms with Crippen molar-refractivity contribution in [2.75, 3.05) is 20.1 Å². The molecule has 2 amide bonds. The van der Waals surface area contributed by atoms with Crippen LogP contribution in [0.4, 0.5) is 0 Å².